The molecule has 1 amide bonds. The zero-order valence-electron chi connectivity index (χ0n) is 18.0. The quantitative estimate of drug-likeness (QED) is 0.427. The van der Waals surface area contributed by atoms with Gasteiger partial charge in [-0.15, -0.1) is 5.10 Å². The minimum Gasteiger partial charge on any atom is -0.497 e. The summed E-state index contributed by atoms with van der Waals surface area (Å²) in [5.74, 6) is 0.695. The number of nitrogens with zero attached hydrogens (tertiary/aromatic N) is 6. The van der Waals surface area contributed by atoms with Crippen LogP contribution in [-0.4, -0.2) is 43.9 Å². The molecule has 10 heteroatoms. The molecule has 9 nitrogen and oxygen atoms in total. The number of ether oxygens (including phenoxy) is 2. The summed E-state index contributed by atoms with van der Waals surface area (Å²) in [7, 11) is 3.50. The minimum atomic E-state index is -0.513. The molecule has 2 atom stereocenters. The van der Waals surface area contributed by atoms with Gasteiger partial charge in [0.15, 0.2) is 0 Å². The van der Waals surface area contributed by atoms with Crippen molar-refractivity contribution < 1.29 is 14.3 Å². The van der Waals surface area contributed by atoms with E-state index in [1.165, 1.54) is 0 Å². The third kappa shape index (κ3) is 4.03. The van der Waals surface area contributed by atoms with E-state index < -0.39 is 18.2 Å². The minimum absolute atomic E-state index is 0.322. The van der Waals surface area contributed by atoms with Crippen molar-refractivity contribution in [1.29, 1.82) is 0 Å². The van der Waals surface area contributed by atoms with Crippen LogP contribution in [0.25, 0.3) is 11.4 Å². The number of hydrogen-bond acceptors (Lipinski definition) is 6. The van der Waals surface area contributed by atoms with Crippen molar-refractivity contribution in [1.82, 2.24) is 24.5 Å². The molecule has 2 aromatic heterocycles. The molecule has 1 aliphatic heterocycles. The normalized spacial score (nSPS) is 17.9. The summed E-state index contributed by atoms with van der Waals surface area (Å²) in [6, 6.07) is 14.3. The van der Waals surface area contributed by atoms with Crippen molar-refractivity contribution >= 4 is 23.4 Å². The average molecular weight is 465 g/mol. The van der Waals surface area contributed by atoms with Crippen molar-refractivity contribution in [3.8, 4) is 17.1 Å². The highest BCUT2D eigenvalue weighted by atomic mass is 35.5. The largest absolute Gasteiger partial charge is 0.497 e. The molecule has 1 fully saturated rings. The number of cyclic esters (lactones) is 1. The number of amides is 1. The van der Waals surface area contributed by atoms with Gasteiger partial charge >= 0.3 is 6.09 Å². The van der Waals surface area contributed by atoms with Gasteiger partial charge in [0.25, 0.3) is 0 Å². The number of carbonyl (C=O) groups is 1. The Balaban J connectivity index is 1.50. The van der Waals surface area contributed by atoms with Crippen molar-refractivity contribution in [2.24, 2.45) is 7.05 Å². The van der Waals surface area contributed by atoms with E-state index >= 15 is 0 Å². The van der Waals surface area contributed by atoms with Crippen molar-refractivity contribution in [3.05, 3.63) is 77.8 Å². The van der Waals surface area contributed by atoms with Crippen LogP contribution in [0.15, 0.2) is 67.3 Å². The molecule has 168 valence electrons. The van der Waals surface area contributed by atoms with Gasteiger partial charge in [0, 0.05) is 17.8 Å². The lowest BCUT2D eigenvalue weighted by molar-refractivity contribution is 0.117. The Hall–Kier alpha value is -3.85. The Kier molecular flexibility index (Phi) is 5.47. The molecule has 0 saturated carbocycles. The van der Waals surface area contributed by atoms with Crippen LogP contribution in [0.1, 0.15) is 11.6 Å². The first-order valence-electron chi connectivity index (χ1n) is 10.3. The summed E-state index contributed by atoms with van der Waals surface area (Å²) < 4.78 is 14.8. The maximum Gasteiger partial charge on any atom is 0.415 e. The first kappa shape index (κ1) is 21.0. The molecule has 0 bridgehead atoms. The zero-order valence-corrected chi connectivity index (χ0v) is 18.8. The van der Waals surface area contributed by atoms with E-state index in [4.69, 9.17) is 21.1 Å². The third-order valence-corrected chi connectivity index (χ3v) is 5.86. The van der Waals surface area contributed by atoms with E-state index in [0.29, 0.717) is 28.7 Å². The molecule has 4 aromatic rings. The van der Waals surface area contributed by atoms with Crippen LogP contribution in [0.5, 0.6) is 5.75 Å². The fourth-order valence-electron chi connectivity index (χ4n) is 4.02. The van der Waals surface area contributed by atoms with Crippen LogP contribution in [0, 0.1) is 0 Å². The number of halogens is 1. The number of anilines is 1. The number of aromatic nitrogens is 5. The lowest BCUT2D eigenvalue weighted by Crippen LogP contribution is -2.31. The molecule has 5 rings (SSSR count). The van der Waals surface area contributed by atoms with E-state index in [0.717, 1.165) is 11.3 Å². The Morgan fingerprint density at radius 1 is 1.18 bits per heavy atom. The number of hydrogen-bond donors (Lipinski definition) is 0. The van der Waals surface area contributed by atoms with Crippen LogP contribution < -0.4 is 9.64 Å². The van der Waals surface area contributed by atoms with E-state index in [9.17, 15) is 4.79 Å². The molecule has 0 aliphatic carbocycles. The number of carbonyl (C=O) groups excluding carboxylic acids is 1. The molecule has 0 unspecified atom stereocenters. The highest BCUT2D eigenvalue weighted by Crippen LogP contribution is 2.39. The highest BCUT2D eigenvalue weighted by molar-refractivity contribution is 6.30. The first-order chi connectivity index (χ1) is 16.0. The second kappa shape index (κ2) is 8.59. The van der Waals surface area contributed by atoms with E-state index in [1.807, 2.05) is 42.1 Å². The summed E-state index contributed by atoms with van der Waals surface area (Å²) in [6.45, 7) is 0.322. The van der Waals surface area contributed by atoms with Crippen LogP contribution in [0.3, 0.4) is 0 Å². The first-order valence-corrected chi connectivity index (χ1v) is 10.7. The maximum absolute atomic E-state index is 13.0. The smallest absolute Gasteiger partial charge is 0.415 e. The zero-order chi connectivity index (χ0) is 22.9. The van der Waals surface area contributed by atoms with Gasteiger partial charge in [-0.2, -0.15) is 0 Å². The Labute approximate surface area is 195 Å². The van der Waals surface area contributed by atoms with Gasteiger partial charge in [-0.05, 0) is 42.0 Å². The monoisotopic (exact) mass is 464 g/mol. The van der Waals surface area contributed by atoms with E-state index in [1.54, 1.807) is 53.5 Å². The van der Waals surface area contributed by atoms with E-state index in [-0.39, 0.29) is 0 Å². The van der Waals surface area contributed by atoms with Gasteiger partial charge < -0.3 is 14.0 Å². The van der Waals surface area contributed by atoms with Crippen LogP contribution >= 0.6 is 11.6 Å². The summed E-state index contributed by atoms with van der Waals surface area (Å²) in [6.07, 6.45) is 4.29. The van der Waals surface area contributed by atoms with Crippen LogP contribution in [0.2, 0.25) is 5.02 Å². The average Bonchev–Trinajstić information content (AvgIpc) is 3.53. The van der Waals surface area contributed by atoms with E-state index in [2.05, 4.69) is 15.3 Å². The lowest BCUT2D eigenvalue weighted by atomic mass is 9.99. The summed E-state index contributed by atoms with van der Waals surface area (Å²) >= 11 is 6.06. The molecular formula is C23H21ClN6O3. The van der Waals surface area contributed by atoms with Crippen molar-refractivity contribution in [2.45, 2.75) is 18.7 Å². The number of methoxy groups -OCH3 is 1. The predicted octanol–water partition coefficient (Wildman–Crippen LogP) is 4.11. The fourth-order valence-corrected chi connectivity index (χ4v) is 4.14. The van der Waals surface area contributed by atoms with Gasteiger partial charge in [0.1, 0.15) is 23.6 Å². The molecular weight excluding hydrogens is 444 g/mol. The third-order valence-electron chi connectivity index (χ3n) is 5.60. The summed E-state index contributed by atoms with van der Waals surface area (Å²) in [4.78, 5) is 18.8. The van der Waals surface area contributed by atoms with Gasteiger partial charge in [0.05, 0.1) is 38.1 Å². The standard InChI is InChI=1S/C23H21ClN6O3/c1-28-14-25-11-20(28)19-12-29(27-26-19)13-21-22(15-4-3-5-18(10-15)32-2)30(23(31)33-21)17-8-6-16(24)7-9-17/h3-12,14,21-22H,13H2,1-2H3/t21-,22-/m0/s1. The summed E-state index contributed by atoms with van der Waals surface area (Å²) in [5.41, 5.74) is 3.10. The molecule has 0 N–H and O–H groups in total. The van der Waals surface area contributed by atoms with Gasteiger partial charge in [-0.25, -0.2) is 14.5 Å². The number of aryl methyl sites for hydroxylation is 1. The number of imidazole rings is 1. The molecule has 0 spiro atoms. The van der Waals surface area contributed by atoms with Crippen LogP contribution in [-0.2, 0) is 18.3 Å². The van der Waals surface area contributed by atoms with Gasteiger partial charge in [-0.3, -0.25) is 4.90 Å². The SMILES string of the molecule is COc1cccc([C@H]2[C@H](Cn3cc(-c4cncn4C)nn3)OC(=O)N2c2ccc(Cl)cc2)c1. The molecule has 1 aliphatic rings. The van der Waals surface area contributed by atoms with Crippen LogP contribution in [0.4, 0.5) is 10.5 Å². The second-order valence-electron chi connectivity index (χ2n) is 7.71. The number of benzene rings is 2. The Bertz CT molecular complexity index is 1290. The second-order valence-corrected chi connectivity index (χ2v) is 8.14. The molecule has 3 heterocycles. The summed E-state index contributed by atoms with van der Waals surface area (Å²) in [5, 5.41) is 9.09. The Morgan fingerprint density at radius 3 is 2.73 bits per heavy atom. The topological polar surface area (TPSA) is 87.3 Å². The maximum atomic E-state index is 13.0. The predicted molar refractivity (Wildman–Crippen MR) is 122 cm³/mol. The van der Waals surface area contributed by atoms with Crippen molar-refractivity contribution in [3.63, 3.8) is 0 Å². The number of rotatable bonds is 6. The van der Waals surface area contributed by atoms with Crippen molar-refractivity contribution in [2.75, 3.05) is 12.0 Å². The Morgan fingerprint density at radius 2 is 2.00 bits per heavy atom. The highest BCUT2D eigenvalue weighted by Gasteiger charge is 2.44. The molecule has 33 heavy (non-hydrogen) atoms. The molecule has 1 saturated heterocycles. The fraction of sp³-hybridized carbons (Fsp3) is 0.217. The van der Waals surface area contributed by atoms with Gasteiger partial charge in [-0.1, -0.05) is 28.9 Å². The molecule has 0 radical (unpaired) electrons. The van der Waals surface area contributed by atoms with Gasteiger partial charge in [0.2, 0.25) is 0 Å². The lowest BCUT2D eigenvalue weighted by Gasteiger charge is -2.25. The molecule has 2 aromatic carbocycles.